The average molecular weight is 442 g/mol. The molecule has 2 heterocycles. The summed E-state index contributed by atoms with van der Waals surface area (Å²) in [5.74, 6) is 0.105. The molecule has 0 radical (unpaired) electrons. The molecule has 2 amide bonds. The van der Waals surface area contributed by atoms with Crippen molar-refractivity contribution in [2.24, 2.45) is 0 Å². The highest BCUT2D eigenvalue weighted by Crippen LogP contribution is 2.24. The lowest BCUT2D eigenvalue weighted by molar-refractivity contribution is 0.0518. The van der Waals surface area contributed by atoms with Crippen LogP contribution in [0.1, 0.15) is 52.6 Å². The third-order valence-electron chi connectivity index (χ3n) is 6.32. The second-order valence-corrected chi connectivity index (χ2v) is 8.58. The van der Waals surface area contributed by atoms with E-state index in [2.05, 4.69) is 6.92 Å². The van der Waals surface area contributed by atoms with Crippen LogP contribution in [0.3, 0.4) is 0 Å². The van der Waals surface area contributed by atoms with Gasteiger partial charge in [0.1, 0.15) is 0 Å². The Morgan fingerprint density at radius 2 is 1.58 bits per heavy atom. The van der Waals surface area contributed by atoms with Crippen molar-refractivity contribution in [1.82, 2.24) is 14.8 Å². The summed E-state index contributed by atoms with van der Waals surface area (Å²) < 4.78 is 0. The predicted molar refractivity (Wildman–Crippen MR) is 131 cm³/mol. The van der Waals surface area contributed by atoms with Crippen molar-refractivity contribution in [3.8, 4) is 11.3 Å². The van der Waals surface area contributed by atoms with Gasteiger partial charge in [-0.1, -0.05) is 55.5 Å². The van der Waals surface area contributed by atoms with Crippen LogP contribution in [0.5, 0.6) is 0 Å². The Balaban J connectivity index is 1.46. The van der Waals surface area contributed by atoms with E-state index in [0.717, 1.165) is 41.8 Å². The summed E-state index contributed by atoms with van der Waals surface area (Å²) in [4.78, 5) is 35.0. The average Bonchev–Trinajstić information content (AvgIpc) is 2.87. The lowest BCUT2D eigenvalue weighted by Crippen LogP contribution is -2.49. The lowest BCUT2D eigenvalue weighted by Gasteiger charge is -2.38. The predicted octanol–water partition coefficient (Wildman–Crippen LogP) is 5.21. The van der Waals surface area contributed by atoms with Crippen molar-refractivity contribution in [3.63, 3.8) is 0 Å². The van der Waals surface area contributed by atoms with Crippen LogP contribution in [-0.4, -0.2) is 52.3 Å². The number of amides is 2. The Bertz CT molecular complexity index is 1090. The van der Waals surface area contributed by atoms with Gasteiger partial charge in [-0.3, -0.25) is 14.6 Å². The maximum Gasteiger partial charge on any atom is 0.255 e. The first-order chi connectivity index (χ1) is 16.1. The second kappa shape index (κ2) is 10.4. The number of rotatable bonds is 6. The fourth-order valence-electron chi connectivity index (χ4n) is 4.55. The monoisotopic (exact) mass is 441 g/mol. The number of nitrogens with zero attached hydrogens (tertiary/aromatic N) is 3. The van der Waals surface area contributed by atoms with Gasteiger partial charge >= 0.3 is 0 Å². The zero-order chi connectivity index (χ0) is 23.2. The molecule has 1 aromatic heterocycles. The van der Waals surface area contributed by atoms with Crippen LogP contribution in [0.15, 0.2) is 72.8 Å². The third-order valence-corrected chi connectivity index (χ3v) is 6.32. The molecule has 0 spiro atoms. The fraction of sp³-hybridized carbons (Fsp3) is 0.321. The van der Waals surface area contributed by atoms with E-state index < -0.39 is 0 Å². The first kappa shape index (κ1) is 22.7. The summed E-state index contributed by atoms with van der Waals surface area (Å²) in [6, 6.07) is 23.4. The zero-order valence-corrected chi connectivity index (χ0v) is 19.4. The number of hydrogen-bond donors (Lipinski definition) is 0. The van der Waals surface area contributed by atoms with Crippen molar-refractivity contribution in [3.05, 3.63) is 89.6 Å². The van der Waals surface area contributed by atoms with Crippen molar-refractivity contribution < 1.29 is 9.59 Å². The van der Waals surface area contributed by atoms with Crippen molar-refractivity contribution in [2.45, 2.75) is 39.2 Å². The number of aryl methyl sites for hydroxylation is 1. The van der Waals surface area contributed by atoms with E-state index in [1.165, 1.54) is 0 Å². The number of pyridine rings is 1. The van der Waals surface area contributed by atoms with Gasteiger partial charge in [0.05, 0.1) is 17.0 Å². The molecule has 1 fully saturated rings. The molecule has 0 N–H and O–H groups in total. The normalized spacial score (nSPS) is 14.2. The first-order valence-electron chi connectivity index (χ1n) is 11.8. The molecule has 5 heteroatoms. The van der Waals surface area contributed by atoms with E-state index >= 15 is 0 Å². The lowest BCUT2D eigenvalue weighted by atomic mass is 10.00. The van der Waals surface area contributed by atoms with Gasteiger partial charge in [-0.15, -0.1) is 0 Å². The highest BCUT2D eigenvalue weighted by Gasteiger charge is 2.30. The Hall–Kier alpha value is -3.47. The van der Waals surface area contributed by atoms with Crippen LogP contribution < -0.4 is 0 Å². The van der Waals surface area contributed by atoms with E-state index in [1.54, 1.807) is 0 Å². The zero-order valence-electron chi connectivity index (χ0n) is 19.4. The number of likely N-dealkylation sites (tertiary alicyclic amines) is 1. The van der Waals surface area contributed by atoms with E-state index in [4.69, 9.17) is 4.98 Å². The molecule has 1 aliphatic rings. The quantitative estimate of drug-likeness (QED) is 0.527. The third kappa shape index (κ3) is 5.14. The summed E-state index contributed by atoms with van der Waals surface area (Å²) in [6.07, 6.45) is 2.47. The molecule has 1 saturated heterocycles. The number of hydrogen-bond acceptors (Lipinski definition) is 3. The highest BCUT2D eigenvalue weighted by molar-refractivity contribution is 5.96. The van der Waals surface area contributed by atoms with Crippen LogP contribution in [0.4, 0.5) is 0 Å². The molecule has 170 valence electrons. The molecular formula is C28H31N3O2. The first-order valence-corrected chi connectivity index (χ1v) is 11.8. The SMILES string of the molecule is CCCN(C(=O)c1ccc(-c2ccccc2)nc1C)C1CCN(C(=O)c2ccccc2)CC1. The molecule has 0 unspecified atom stereocenters. The van der Waals surface area contributed by atoms with Gasteiger partial charge in [0.15, 0.2) is 0 Å². The summed E-state index contributed by atoms with van der Waals surface area (Å²) in [5, 5.41) is 0. The molecular weight excluding hydrogens is 410 g/mol. The molecule has 1 aliphatic heterocycles. The van der Waals surface area contributed by atoms with Gasteiger partial charge in [0.25, 0.3) is 11.8 Å². The maximum absolute atomic E-state index is 13.5. The molecule has 4 rings (SSSR count). The summed E-state index contributed by atoms with van der Waals surface area (Å²) in [5.41, 5.74) is 4.04. The molecule has 5 nitrogen and oxygen atoms in total. The largest absolute Gasteiger partial charge is 0.338 e. The number of carbonyl (C=O) groups is 2. The molecule has 0 aliphatic carbocycles. The number of aromatic nitrogens is 1. The molecule has 0 saturated carbocycles. The van der Waals surface area contributed by atoms with Gasteiger partial charge in [-0.05, 0) is 50.5 Å². The summed E-state index contributed by atoms with van der Waals surface area (Å²) >= 11 is 0. The fourth-order valence-corrected chi connectivity index (χ4v) is 4.55. The van der Waals surface area contributed by atoms with Crippen LogP contribution in [0, 0.1) is 6.92 Å². The van der Waals surface area contributed by atoms with Crippen LogP contribution in [-0.2, 0) is 0 Å². The second-order valence-electron chi connectivity index (χ2n) is 8.58. The summed E-state index contributed by atoms with van der Waals surface area (Å²) in [7, 11) is 0. The maximum atomic E-state index is 13.5. The van der Waals surface area contributed by atoms with E-state index in [9.17, 15) is 9.59 Å². The van der Waals surface area contributed by atoms with Crippen LogP contribution >= 0.6 is 0 Å². The Labute approximate surface area is 196 Å². The highest BCUT2D eigenvalue weighted by atomic mass is 16.2. The molecule has 0 atom stereocenters. The van der Waals surface area contributed by atoms with Crippen molar-refractivity contribution in [1.29, 1.82) is 0 Å². The van der Waals surface area contributed by atoms with E-state index in [0.29, 0.717) is 25.2 Å². The Morgan fingerprint density at radius 1 is 0.939 bits per heavy atom. The Kier molecular flexibility index (Phi) is 7.18. The number of piperidine rings is 1. The topological polar surface area (TPSA) is 53.5 Å². The van der Waals surface area contributed by atoms with Gasteiger partial charge in [0.2, 0.25) is 0 Å². The molecule has 0 bridgehead atoms. The van der Waals surface area contributed by atoms with E-state index in [-0.39, 0.29) is 17.9 Å². The smallest absolute Gasteiger partial charge is 0.255 e. The summed E-state index contributed by atoms with van der Waals surface area (Å²) in [6.45, 7) is 6.03. The molecule has 33 heavy (non-hydrogen) atoms. The molecule has 2 aromatic carbocycles. The van der Waals surface area contributed by atoms with Gasteiger partial charge < -0.3 is 9.80 Å². The van der Waals surface area contributed by atoms with Gasteiger partial charge in [0, 0.05) is 36.8 Å². The number of benzene rings is 2. The standard InChI is InChI=1S/C28H31N3O2/c1-3-18-31(24-16-19-30(20-17-24)27(32)23-12-8-5-9-13-23)28(33)25-14-15-26(29-21(25)2)22-10-6-4-7-11-22/h4-15,24H,3,16-20H2,1-2H3. The minimum Gasteiger partial charge on any atom is -0.338 e. The van der Waals surface area contributed by atoms with Crippen molar-refractivity contribution >= 4 is 11.8 Å². The van der Waals surface area contributed by atoms with Crippen LogP contribution in [0.25, 0.3) is 11.3 Å². The van der Waals surface area contributed by atoms with Gasteiger partial charge in [-0.25, -0.2) is 0 Å². The van der Waals surface area contributed by atoms with Crippen molar-refractivity contribution in [2.75, 3.05) is 19.6 Å². The minimum atomic E-state index is 0.0364. The van der Waals surface area contributed by atoms with E-state index in [1.807, 2.05) is 89.5 Å². The minimum absolute atomic E-state index is 0.0364. The Morgan fingerprint density at radius 3 is 2.18 bits per heavy atom. The molecule has 3 aromatic rings. The van der Waals surface area contributed by atoms with Crippen LogP contribution in [0.2, 0.25) is 0 Å². The van der Waals surface area contributed by atoms with Gasteiger partial charge in [-0.2, -0.15) is 0 Å². The number of carbonyl (C=O) groups excluding carboxylic acids is 2.